The summed E-state index contributed by atoms with van der Waals surface area (Å²) in [6.45, 7) is -0.236. The van der Waals surface area contributed by atoms with Gasteiger partial charge >= 0.3 is 5.97 Å². The minimum atomic E-state index is -0.511. The third kappa shape index (κ3) is 4.06. The van der Waals surface area contributed by atoms with E-state index in [0.717, 1.165) is 0 Å². The van der Waals surface area contributed by atoms with Crippen LogP contribution in [0.5, 0.6) is 17.2 Å². The Balaban J connectivity index is 1.74. The van der Waals surface area contributed by atoms with Crippen molar-refractivity contribution in [3.05, 3.63) is 77.9 Å². The number of ketones is 1. The van der Waals surface area contributed by atoms with Crippen molar-refractivity contribution in [2.24, 2.45) is 0 Å². The van der Waals surface area contributed by atoms with E-state index >= 15 is 0 Å². The Labute approximate surface area is 177 Å². The van der Waals surface area contributed by atoms with E-state index in [-0.39, 0.29) is 23.9 Å². The zero-order valence-electron chi connectivity index (χ0n) is 16.5. The number of aromatic hydroxyl groups is 2. The van der Waals surface area contributed by atoms with Gasteiger partial charge in [0.2, 0.25) is 0 Å². The molecule has 3 aromatic carbocycles. The largest absolute Gasteiger partial charge is 0.508 e. The number of phenolic OH excluding ortho intramolecular Hbond substituents is 2. The monoisotopic (exact) mass is 418 g/mol. The van der Waals surface area contributed by atoms with Crippen molar-refractivity contribution in [3.63, 3.8) is 0 Å². The SMILES string of the molecule is COC(=O)COc1ccc(C(=O)c2c(-c3ccc(O)cc3)oc3ccc(O)cc23)cc1. The minimum absolute atomic E-state index is 0.00571. The van der Waals surface area contributed by atoms with E-state index in [9.17, 15) is 19.8 Å². The van der Waals surface area contributed by atoms with Gasteiger partial charge in [0.1, 0.15) is 28.6 Å². The number of fused-ring (bicyclic) bond motifs is 1. The zero-order chi connectivity index (χ0) is 22.0. The van der Waals surface area contributed by atoms with Crippen LogP contribution in [0.2, 0.25) is 0 Å². The maximum absolute atomic E-state index is 13.4. The molecule has 2 N–H and O–H groups in total. The van der Waals surface area contributed by atoms with E-state index in [2.05, 4.69) is 4.74 Å². The molecule has 4 rings (SSSR count). The van der Waals surface area contributed by atoms with Gasteiger partial charge in [-0.25, -0.2) is 4.79 Å². The summed E-state index contributed by atoms with van der Waals surface area (Å²) in [7, 11) is 1.27. The molecule has 0 aliphatic heterocycles. The molecule has 0 saturated carbocycles. The number of carbonyl (C=O) groups is 2. The van der Waals surface area contributed by atoms with Crippen LogP contribution in [-0.2, 0) is 9.53 Å². The van der Waals surface area contributed by atoms with Crippen molar-refractivity contribution in [1.82, 2.24) is 0 Å². The number of ether oxygens (including phenoxy) is 2. The molecule has 4 aromatic rings. The molecule has 0 aliphatic rings. The summed E-state index contributed by atoms with van der Waals surface area (Å²) in [5, 5.41) is 20.0. The van der Waals surface area contributed by atoms with Crippen molar-refractivity contribution in [1.29, 1.82) is 0 Å². The summed E-state index contributed by atoms with van der Waals surface area (Å²) in [6, 6.07) is 17.2. The first-order valence-corrected chi connectivity index (χ1v) is 9.35. The average molecular weight is 418 g/mol. The highest BCUT2D eigenvalue weighted by Crippen LogP contribution is 2.37. The third-order valence-corrected chi connectivity index (χ3v) is 4.73. The van der Waals surface area contributed by atoms with Gasteiger partial charge in [0.05, 0.1) is 12.7 Å². The summed E-state index contributed by atoms with van der Waals surface area (Å²) in [6.07, 6.45) is 0. The van der Waals surface area contributed by atoms with Crippen LogP contribution >= 0.6 is 0 Å². The Morgan fingerprint density at radius 2 is 1.58 bits per heavy atom. The average Bonchev–Trinajstić information content (AvgIpc) is 3.16. The lowest BCUT2D eigenvalue weighted by Gasteiger charge is -2.07. The maximum Gasteiger partial charge on any atom is 0.343 e. The topological polar surface area (TPSA) is 106 Å². The number of carbonyl (C=O) groups excluding carboxylic acids is 2. The van der Waals surface area contributed by atoms with Crippen molar-refractivity contribution in [2.75, 3.05) is 13.7 Å². The number of hydrogen-bond donors (Lipinski definition) is 2. The highest BCUT2D eigenvalue weighted by molar-refractivity contribution is 6.19. The van der Waals surface area contributed by atoms with Crippen LogP contribution in [-0.4, -0.2) is 35.7 Å². The van der Waals surface area contributed by atoms with Gasteiger partial charge < -0.3 is 24.1 Å². The Morgan fingerprint density at radius 1 is 0.903 bits per heavy atom. The highest BCUT2D eigenvalue weighted by Gasteiger charge is 2.23. The number of hydrogen-bond acceptors (Lipinski definition) is 7. The number of methoxy groups -OCH3 is 1. The summed E-state index contributed by atoms with van der Waals surface area (Å²) >= 11 is 0. The second-order valence-corrected chi connectivity index (χ2v) is 6.75. The summed E-state index contributed by atoms with van der Waals surface area (Å²) in [4.78, 5) is 24.6. The molecule has 7 heteroatoms. The molecule has 0 amide bonds. The standard InChI is InChI=1S/C24H18O7/c1-29-21(27)13-30-18-9-4-14(5-10-18)23(28)22-19-12-17(26)8-11-20(19)31-24(22)15-2-6-16(25)7-3-15/h2-12,25-26H,13H2,1H3. The van der Waals surface area contributed by atoms with Crippen LogP contribution in [0.25, 0.3) is 22.3 Å². The molecule has 0 radical (unpaired) electrons. The smallest absolute Gasteiger partial charge is 0.343 e. The van der Waals surface area contributed by atoms with Crippen LogP contribution in [0.1, 0.15) is 15.9 Å². The number of phenols is 2. The number of benzene rings is 3. The lowest BCUT2D eigenvalue weighted by molar-refractivity contribution is -0.142. The molecular weight excluding hydrogens is 400 g/mol. The second kappa shape index (κ2) is 8.23. The van der Waals surface area contributed by atoms with E-state index in [1.807, 2.05) is 0 Å². The van der Waals surface area contributed by atoms with Gasteiger partial charge in [-0.1, -0.05) is 0 Å². The molecule has 1 aromatic heterocycles. The first-order valence-electron chi connectivity index (χ1n) is 9.35. The van der Waals surface area contributed by atoms with E-state index < -0.39 is 5.97 Å². The fourth-order valence-electron chi connectivity index (χ4n) is 3.18. The number of rotatable bonds is 6. The van der Waals surface area contributed by atoms with E-state index in [1.165, 1.54) is 31.4 Å². The molecule has 0 spiro atoms. The van der Waals surface area contributed by atoms with E-state index in [4.69, 9.17) is 9.15 Å². The lowest BCUT2D eigenvalue weighted by atomic mass is 9.97. The Kier molecular flexibility index (Phi) is 5.32. The number of furan rings is 1. The van der Waals surface area contributed by atoms with Crippen LogP contribution in [0.4, 0.5) is 0 Å². The van der Waals surface area contributed by atoms with Crippen molar-refractivity contribution < 1.29 is 33.7 Å². The van der Waals surface area contributed by atoms with Crippen LogP contribution in [0.3, 0.4) is 0 Å². The number of esters is 1. The predicted molar refractivity (Wildman–Crippen MR) is 112 cm³/mol. The van der Waals surface area contributed by atoms with Gasteiger partial charge in [0.25, 0.3) is 0 Å². The van der Waals surface area contributed by atoms with Crippen LogP contribution in [0, 0.1) is 0 Å². The van der Waals surface area contributed by atoms with Gasteiger partial charge in [-0.2, -0.15) is 0 Å². The summed E-state index contributed by atoms with van der Waals surface area (Å²) in [5.74, 6) is 0.0152. The molecule has 0 fully saturated rings. The molecule has 0 bridgehead atoms. The van der Waals surface area contributed by atoms with E-state index in [1.54, 1.807) is 42.5 Å². The zero-order valence-corrected chi connectivity index (χ0v) is 16.5. The molecular formula is C24H18O7. The lowest BCUT2D eigenvalue weighted by Crippen LogP contribution is -2.12. The second-order valence-electron chi connectivity index (χ2n) is 6.75. The minimum Gasteiger partial charge on any atom is -0.508 e. The fourth-order valence-corrected chi connectivity index (χ4v) is 3.18. The molecule has 0 aliphatic carbocycles. The van der Waals surface area contributed by atoms with Gasteiger partial charge in [-0.3, -0.25) is 4.79 Å². The molecule has 31 heavy (non-hydrogen) atoms. The first kappa shape index (κ1) is 20.0. The van der Waals surface area contributed by atoms with Crippen LogP contribution < -0.4 is 4.74 Å². The van der Waals surface area contributed by atoms with Gasteiger partial charge in [0.15, 0.2) is 12.4 Å². The maximum atomic E-state index is 13.4. The fraction of sp³-hybridized carbons (Fsp3) is 0.0833. The Hall–Kier alpha value is -4.26. The normalized spacial score (nSPS) is 10.7. The first-order chi connectivity index (χ1) is 15.0. The highest BCUT2D eigenvalue weighted by atomic mass is 16.6. The summed E-state index contributed by atoms with van der Waals surface area (Å²) in [5.41, 5.74) is 1.72. The molecule has 156 valence electrons. The Morgan fingerprint density at radius 3 is 2.26 bits per heavy atom. The van der Waals surface area contributed by atoms with Crippen molar-refractivity contribution in [3.8, 4) is 28.6 Å². The summed E-state index contributed by atoms with van der Waals surface area (Å²) < 4.78 is 15.8. The van der Waals surface area contributed by atoms with Gasteiger partial charge in [-0.15, -0.1) is 0 Å². The molecule has 0 saturated heterocycles. The predicted octanol–water partition coefficient (Wildman–Crippen LogP) is 4.29. The molecule has 0 atom stereocenters. The van der Waals surface area contributed by atoms with E-state index in [0.29, 0.717) is 39.2 Å². The van der Waals surface area contributed by atoms with Crippen LogP contribution in [0.15, 0.2) is 71.1 Å². The van der Waals surface area contributed by atoms with Gasteiger partial charge in [0, 0.05) is 16.5 Å². The molecule has 0 unspecified atom stereocenters. The quantitative estimate of drug-likeness (QED) is 0.355. The molecule has 7 nitrogen and oxygen atoms in total. The molecule has 1 heterocycles. The van der Waals surface area contributed by atoms with Crippen molar-refractivity contribution >= 4 is 22.7 Å². The Bertz CT molecular complexity index is 1250. The van der Waals surface area contributed by atoms with Crippen molar-refractivity contribution in [2.45, 2.75) is 0 Å². The van der Waals surface area contributed by atoms with Gasteiger partial charge in [-0.05, 0) is 66.7 Å². The third-order valence-electron chi connectivity index (χ3n) is 4.73.